The molecule has 1 amide bonds. The maximum Gasteiger partial charge on any atom is 0.407 e. The molecular formula is C15H19N3O3. The standard InChI is InChI=1S/C15H19N3O3/c1-8-5-17(15(19)20)6-12-4-10-3-11-7-21-9(2)13(11)16-14(10)18(8)12/h3,8-9,12H,4-7H2,1-2H3,(H,19,20)/t8-,9+,12-/m1/s1. The van der Waals surface area contributed by atoms with Gasteiger partial charge in [-0.1, -0.05) is 0 Å². The number of pyridine rings is 1. The second kappa shape index (κ2) is 4.34. The van der Waals surface area contributed by atoms with Crippen LogP contribution < -0.4 is 4.90 Å². The van der Waals surface area contributed by atoms with Crippen LogP contribution in [0.1, 0.15) is 36.8 Å². The third-order valence-corrected chi connectivity index (χ3v) is 4.82. The number of aromatic nitrogens is 1. The smallest absolute Gasteiger partial charge is 0.407 e. The van der Waals surface area contributed by atoms with Crippen molar-refractivity contribution in [1.82, 2.24) is 9.88 Å². The van der Waals surface area contributed by atoms with Crippen molar-refractivity contribution in [1.29, 1.82) is 0 Å². The SMILES string of the molecule is C[C@@H]1OCc2cc3c(nc21)N1[C@H](C3)CN(C(=O)O)C[C@H]1C. The summed E-state index contributed by atoms with van der Waals surface area (Å²) in [6, 6.07) is 2.58. The second-order valence-corrected chi connectivity index (χ2v) is 6.27. The van der Waals surface area contributed by atoms with Crippen LogP contribution in [0, 0.1) is 0 Å². The van der Waals surface area contributed by atoms with Crippen LogP contribution >= 0.6 is 0 Å². The summed E-state index contributed by atoms with van der Waals surface area (Å²) in [4.78, 5) is 19.9. The van der Waals surface area contributed by atoms with Crippen molar-refractivity contribution in [3.63, 3.8) is 0 Å². The highest BCUT2D eigenvalue weighted by atomic mass is 16.5. The van der Waals surface area contributed by atoms with E-state index in [1.54, 1.807) is 0 Å². The minimum atomic E-state index is -0.824. The Morgan fingerprint density at radius 3 is 2.95 bits per heavy atom. The molecule has 0 saturated carbocycles. The number of anilines is 1. The number of rotatable bonds is 0. The first kappa shape index (κ1) is 12.9. The van der Waals surface area contributed by atoms with Gasteiger partial charge in [-0.25, -0.2) is 9.78 Å². The van der Waals surface area contributed by atoms with Gasteiger partial charge in [-0.2, -0.15) is 0 Å². The Balaban J connectivity index is 1.71. The van der Waals surface area contributed by atoms with Gasteiger partial charge < -0.3 is 19.6 Å². The molecular weight excluding hydrogens is 270 g/mol. The van der Waals surface area contributed by atoms with Crippen LogP contribution in [0.15, 0.2) is 6.07 Å². The lowest BCUT2D eigenvalue weighted by atomic mass is 10.1. The molecule has 0 aromatic carbocycles. The molecule has 1 N–H and O–H groups in total. The molecule has 4 rings (SSSR count). The maximum atomic E-state index is 11.2. The molecule has 1 aromatic heterocycles. The molecule has 4 heterocycles. The average Bonchev–Trinajstić information content (AvgIpc) is 2.97. The van der Waals surface area contributed by atoms with Crippen molar-refractivity contribution in [2.75, 3.05) is 18.0 Å². The van der Waals surface area contributed by atoms with E-state index >= 15 is 0 Å². The van der Waals surface area contributed by atoms with Crippen LogP contribution in [0.3, 0.4) is 0 Å². The zero-order chi connectivity index (χ0) is 14.7. The number of fused-ring (bicyclic) bond motifs is 4. The molecule has 3 aliphatic rings. The van der Waals surface area contributed by atoms with Gasteiger partial charge in [0.1, 0.15) is 5.82 Å². The number of ether oxygens (including phenoxy) is 1. The summed E-state index contributed by atoms with van der Waals surface area (Å²) in [5.41, 5.74) is 3.46. The van der Waals surface area contributed by atoms with Crippen molar-refractivity contribution < 1.29 is 14.6 Å². The second-order valence-electron chi connectivity index (χ2n) is 6.27. The average molecular weight is 289 g/mol. The van der Waals surface area contributed by atoms with Gasteiger partial charge in [0.25, 0.3) is 0 Å². The monoisotopic (exact) mass is 289 g/mol. The molecule has 6 nitrogen and oxygen atoms in total. The molecule has 1 fully saturated rings. The molecule has 0 unspecified atom stereocenters. The van der Waals surface area contributed by atoms with Crippen molar-refractivity contribution >= 4 is 11.9 Å². The Morgan fingerprint density at radius 1 is 1.38 bits per heavy atom. The van der Waals surface area contributed by atoms with Crippen LogP contribution in [0.2, 0.25) is 0 Å². The first-order valence-corrected chi connectivity index (χ1v) is 7.45. The lowest BCUT2D eigenvalue weighted by Crippen LogP contribution is -2.58. The summed E-state index contributed by atoms with van der Waals surface area (Å²) < 4.78 is 5.65. The van der Waals surface area contributed by atoms with Crippen molar-refractivity contribution in [3.05, 3.63) is 22.9 Å². The summed E-state index contributed by atoms with van der Waals surface area (Å²) in [6.07, 6.45) is 0.105. The largest absolute Gasteiger partial charge is 0.465 e. The first-order chi connectivity index (χ1) is 10.0. The Morgan fingerprint density at radius 2 is 2.19 bits per heavy atom. The normalized spacial score (nSPS) is 30.1. The van der Waals surface area contributed by atoms with Crippen LogP contribution in [-0.4, -0.2) is 46.3 Å². The van der Waals surface area contributed by atoms with Crippen LogP contribution in [0.25, 0.3) is 0 Å². The highest BCUT2D eigenvalue weighted by molar-refractivity contribution is 5.67. The Hall–Kier alpha value is -1.82. The van der Waals surface area contributed by atoms with E-state index in [-0.39, 0.29) is 18.2 Å². The summed E-state index contributed by atoms with van der Waals surface area (Å²) in [5, 5.41) is 9.24. The van der Waals surface area contributed by atoms with Gasteiger partial charge in [-0.3, -0.25) is 0 Å². The number of carbonyl (C=O) groups is 1. The molecule has 0 aliphatic carbocycles. The Kier molecular flexibility index (Phi) is 2.66. The zero-order valence-corrected chi connectivity index (χ0v) is 12.2. The Bertz CT molecular complexity index is 618. The minimum Gasteiger partial charge on any atom is -0.465 e. The van der Waals surface area contributed by atoms with E-state index < -0.39 is 6.09 Å². The van der Waals surface area contributed by atoms with Gasteiger partial charge in [-0.15, -0.1) is 0 Å². The first-order valence-electron chi connectivity index (χ1n) is 7.45. The van der Waals surface area contributed by atoms with Gasteiger partial charge in [0.05, 0.1) is 24.4 Å². The Labute approximate surface area is 123 Å². The van der Waals surface area contributed by atoms with Crippen molar-refractivity contribution in [2.45, 2.75) is 45.1 Å². The third kappa shape index (κ3) is 1.82. The number of amides is 1. The summed E-state index contributed by atoms with van der Waals surface area (Å²) in [5.74, 6) is 1.04. The molecule has 3 aliphatic heterocycles. The van der Waals surface area contributed by atoms with Gasteiger partial charge in [-0.05, 0) is 31.9 Å². The lowest BCUT2D eigenvalue weighted by Gasteiger charge is -2.42. The number of carboxylic acid groups (broad SMARTS) is 1. The molecule has 21 heavy (non-hydrogen) atoms. The number of hydrogen-bond acceptors (Lipinski definition) is 4. The van der Waals surface area contributed by atoms with Crippen molar-refractivity contribution in [3.8, 4) is 0 Å². The topological polar surface area (TPSA) is 65.9 Å². The fraction of sp³-hybridized carbons (Fsp3) is 0.600. The van der Waals surface area contributed by atoms with E-state index in [0.717, 1.165) is 17.9 Å². The molecule has 6 heteroatoms. The van der Waals surface area contributed by atoms with Crippen LogP contribution in [-0.2, 0) is 17.8 Å². The van der Waals surface area contributed by atoms with Crippen LogP contribution in [0.4, 0.5) is 10.6 Å². The quantitative estimate of drug-likeness (QED) is 0.788. The number of piperazine rings is 1. The van der Waals surface area contributed by atoms with E-state index in [0.29, 0.717) is 19.7 Å². The fourth-order valence-electron chi connectivity index (χ4n) is 3.88. The number of hydrogen-bond donors (Lipinski definition) is 1. The summed E-state index contributed by atoms with van der Waals surface area (Å²) in [6.45, 7) is 5.84. The predicted octanol–water partition coefficient (Wildman–Crippen LogP) is 1.79. The van der Waals surface area contributed by atoms with Gasteiger partial charge in [0, 0.05) is 24.7 Å². The van der Waals surface area contributed by atoms with Gasteiger partial charge >= 0.3 is 6.09 Å². The molecule has 0 radical (unpaired) electrons. The molecule has 0 spiro atoms. The zero-order valence-electron chi connectivity index (χ0n) is 12.2. The van der Waals surface area contributed by atoms with E-state index in [1.165, 1.54) is 16.0 Å². The predicted molar refractivity (Wildman–Crippen MR) is 76.5 cm³/mol. The van der Waals surface area contributed by atoms with Gasteiger partial charge in [0.15, 0.2) is 0 Å². The highest BCUT2D eigenvalue weighted by Crippen LogP contribution is 2.39. The molecule has 1 aromatic rings. The van der Waals surface area contributed by atoms with Crippen molar-refractivity contribution in [2.24, 2.45) is 0 Å². The molecule has 1 saturated heterocycles. The summed E-state index contributed by atoms with van der Waals surface area (Å²) in [7, 11) is 0. The molecule has 0 bridgehead atoms. The van der Waals surface area contributed by atoms with E-state index in [9.17, 15) is 9.90 Å². The fourth-order valence-corrected chi connectivity index (χ4v) is 3.88. The van der Waals surface area contributed by atoms with Gasteiger partial charge in [0.2, 0.25) is 0 Å². The molecule has 112 valence electrons. The minimum absolute atomic E-state index is 0.0555. The molecule has 3 atom stereocenters. The summed E-state index contributed by atoms with van der Waals surface area (Å²) >= 11 is 0. The number of nitrogens with zero attached hydrogens (tertiary/aromatic N) is 3. The van der Waals surface area contributed by atoms with E-state index in [4.69, 9.17) is 9.72 Å². The third-order valence-electron chi connectivity index (χ3n) is 4.82. The highest BCUT2D eigenvalue weighted by Gasteiger charge is 2.41. The van der Waals surface area contributed by atoms with Crippen LogP contribution in [0.5, 0.6) is 0 Å². The van der Waals surface area contributed by atoms with E-state index in [2.05, 4.69) is 17.9 Å². The maximum absolute atomic E-state index is 11.2. The lowest BCUT2D eigenvalue weighted by molar-refractivity contribution is 0.0778. The van der Waals surface area contributed by atoms with E-state index in [1.807, 2.05) is 6.92 Å².